The number of para-hydroxylation sites is 1. The molecule has 0 amide bonds. The van der Waals surface area contributed by atoms with Crippen LogP contribution >= 0.6 is 0 Å². The van der Waals surface area contributed by atoms with Gasteiger partial charge in [0.2, 0.25) is 0 Å². The molecule has 0 aliphatic carbocycles. The van der Waals surface area contributed by atoms with E-state index in [4.69, 9.17) is 4.74 Å². The van der Waals surface area contributed by atoms with Crippen molar-refractivity contribution in [3.05, 3.63) is 53.6 Å². The van der Waals surface area contributed by atoms with Crippen molar-refractivity contribution in [1.29, 1.82) is 0 Å². The van der Waals surface area contributed by atoms with Gasteiger partial charge in [0, 0.05) is 10.8 Å². The van der Waals surface area contributed by atoms with Crippen LogP contribution in [0, 0.1) is 6.92 Å². The average molecular weight is 251 g/mol. The van der Waals surface area contributed by atoms with Crippen molar-refractivity contribution in [3.63, 3.8) is 0 Å². The minimum atomic E-state index is -0.354. The van der Waals surface area contributed by atoms with Crippen LogP contribution < -0.4 is 0 Å². The second-order valence-electron chi connectivity index (χ2n) is 4.50. The zero-order valence-corrected chi connectivity index (χ0v) is 10.8. The van der Waals surface area contributed by atoms with E-state index in [9.17, 15) is 4.79 Å². The van der Waals surface area contributed by atoms with Gasteiger partial charge in [-0.25, -0.2) is 9.78 Å². The summed E-state index contributed by atoms with van der Waals surface area (Å²) in [5.41, 5.74) is 3.19. The average Bonchev–Trinajstić information content (AvgIpc) is 2.45. The number of carbonyl (C=O) groups is 1. The van der Waals surface area contributed by atoms with E-state index in [1.165, 1.54) is 7.11 Å². The van der Waals surface area contributed by atoms with Gasteiger partial charge in [0.1, 0.15) is 0 Å². The fraction of sp³-hybridized carbons (Fsp3) is 0.125. The summed E-state index contributed by atoms with van der Waals surface area (Å²) in [7, 11) is 1.38. The van der Waals surface area contributed by atoms with Crippen LogP contribution in [0.4, 0.5) is 0 Å². The molecule has 1 heterocycles. The lowest BCUT2D eigenvalue weighted by Gasteiger charge is -2.08. The Hall–Kier alpha value is -2.42. The summed E-state index contributed by atoms with van der Waals surface area (Å²) in [5, 5.41) is 2.06. The summed E-state index contributed by atoms with van der Waals surface area (Å²) in [6.07, 6.45) is 0. The van der Waals surface area contributed by atoms with E-state index in [1.807, 2.05) is 37.3 Å². The maximum atomic E-state index is 11.8. The van der Waals surface area contributed by atoms with Gasteiger partial charge in [0.15, 0.2) is 0 Å². The standard InChI is InChI=1S/C16H13NO2/c1-10-7-8-12(16(18)19-2)15-13(10)9-11-5-3-4-6-14(11)17-15/h3-9H,1-2H3. The van der Waals surface area contributed by atoms with Crippen molar-refractivity contribution in [2.24, 2.45) is 0 Å². The van der Waals surface area contributed by atoms with Crippen molar-refractivity contribution >= 4 is 27.8 Å². The quantitative estimate of drug-likeness (QED) is 0.491. The molecule has 3 rings (SSSR count). The number of methoxy groups -OCH3 is 1. The third-order valence-electron chi connectivity index (χ3n) is 3.31. The molecule has 0 aliphatic rings. The van der Waals surface area contributed by atoms with Crippen molar-refractivity contribution in [2.75, 3.05) is 7.11 Å². The van der Waals surface area contributed by atoms with E-state index in [1.54, 1.807) is 6.07 Å². The number of carbonyl (C=O) groups excluding carboxylic acids is 1. The molecular formula is C16H13NO2. The number of rotatable bonds is 1. The van der Waals surface area contributed by atoms with Crippen LogP contribution in [0.15, 0.2) is 42.5 Å². The van der Waals surface area contributed by atoms with Crippen LogP contribution in [0.1, 0.15) is 15.9 Å². The Morgan fingerprint density at radius 1 is 1.16 bits per heavy atom. The molecule has 94 valence electrons. The number of ether oxygens (including phenoxy) is 1. The van der Waals surface area contributed by atoms with Gasteiger partial charge in [-0.15, -0.1) is 0 Å². The fourth-order valence-corrected chi connectivity index (χ4v) is 2.27. The third kappa shape index (κ3) is 1.83. The number of nitrogens with zero attached hydrogens (tertiary/aromatic N) is 1. The molecule has 0 fully saturated rings. The van der Waals surface area contributed by atoms with E-state index in [-0.39, 0.29) is 5.97 Å². The van der Waals surface area contributed by atoms with Crippen molar-refractivity contribution in [1.82, 2.24) is 4.98 Å². The highest BCUT2D eigenvalue weighted by Crippen LogP contribution is 2.25. The third-order valence-corrected chi connectivity index (χ3v) is 3.31. The highest BCUT2D eigenvalue weighted by molar-refractivity contribution is 6.06. The van der Waals surface area contributed by atoms with Gasteiger partial charge in [0.25, 0.3) is 0 Å². The van der Waals surface area contributed by atoms with Crippen molar-refractivity contribution < 1.29 is 9.53 Å². The lowest BCUT2D eigenvalue weighted by Crippen LogP contribution is -2.03. The van der Waals surface area contributed by atoms with E-state index < -0.39 is 0 Å². The molecule has 0 unspecified atom stereocenters. The highest BCUT2D eigenvalue weighted by atomic mass is 16.5. The van der Waals surface area contributed by atoms with Gasteiger partial charge in [-0.3, -0.25) is 0 Å². The van der Waals surface area contributed by atoms with E-state index in [0.29, 0.717) is 11.1 Å². The van der Waals surface area contributed by atoms with Gasteiger partial charge in [-0.2, -0.15) is 0 Å². The zero-order valence-electron chi connectivity index (χ0n) is 10.8. The van der Waals surface area contributed by atoms with Crippen molar-refractivity contribution in [3.8, 4) is 0 Å². The number of benzene rings is 2. The number of esters is 1. The predicted molar refractivity (Wildman–Crippen MR) is 75.3 cm³/mol. The first-order chi connectivity index (χ1) is 9.20. The number of aromatic nitrogens is 1. The Morgan fingerprint density at radius 2 is 1.95 bits per heavy atom. The Morgan fingerprint density at radius 3 is 2.74 bits per heavy atom. The predicted octanol–water partition coefficient (Wildman–Crippen LogP) is 3.48. The molecule has 0 atom stereocenters. The van der Waals surface area contributed by atoms with Gasteiger partial charge < -0.3 is 4.74 Å². The van der Waals surface area contributed by atoms with E-state index in [2.05, 4.69) is 11.1 Å². The lowest BCUT2D eigenvalue weighted by molar-refractivity contribution is 0.0603. The number of hydrogen-bond acceptors (Lipinski definition) is 3. The first-order valence-electron chi connectivity index (χ1n) is 6.08. The van der Waals surface area contributed by atoms with Crippen LogP contribution in [-0.4, -0.2) is 18.1 Å². The second-order valence-corrected chi connectivity index (χ2v) is 4.50. The lowest BCUT2D eigenvalue weighted by atomic mass is 10.0. The molecule has 2 aromatic carbocycles. The molecule has 0 aliphatic heterocycles. The van der Waals surface area contributed by atoms with E-state index >= 15 is 0 Å². The normalized spacial score (nSPS) is 10.8. The Bertz CT molecular complexity index is 793. The van der Waals surface area contributed by atoms with Crippen LogP contribution in [0.25, 0.3) is 21.8 Å². The highest BCUT2D eigenvalue weighted by Gasteiger charge is 2.13. The summed E-state index contributed by atoms with van der Waals surface area (Å²) in [5.74, 6) is -0.354. The monoisotopic (exact) mass is 251 g/mol. The van der Waals surface area contributed by atoms with Crippen LogP contribution in [0.5, 0.6) is 0 Å². The molecule has 0 spiro atoms. The largest absolute Gasteiger partial charge is 0.465 e. The number of aryl methyl sites for hydroxylation is 1. The minimum absolute atomic E-state index is 0.354. The maximum Gasteiger partial charge on any atom is 0.340 e. The topological polar surface area (TPSA) is 39.2 Å². The first kappa shape index (κ1) is 11.7. The van der Waals surface area contributed by atoms with E-state index in [0.717, 1.165) is 21.9 Å². The molecule has 0 saturated carbocycles. The zero-order chi connectivity index (χ0) is 13.4. The van der Waals surface area contributed by atoms with Crippen LogP contribution in [0.2, 0.25) is 0 Å². The molecule has 3 nitrogen and oxygen atoms in total. The minimum Gasteiger partial charge on any atom is -0.465 e. The molecule has 3 aromatic rings. The second kappa shape index (κ2) is 4.35. The molecule has 3 heteroatoms. The maximum absolute atomic E-state index is 11.8. The molecule has 19 heavy (non-hydrogen) atoms. The summed E-state index contributed by atoms with van der Waals surface area (Å²) < 4.78 is 4.82. The van der Waals surface area contributed by atoms with Gasteiger partial charge >= 0.3 is 5.97 Å². The summed E-state index contributed by atoms with van der Waals surface area (Å²) in [4.78, 5) is 16.4. The number of fused-ring (bicyclic) bond motifs is 2. The molecular weight excluding hydrogens is 238 g/mol. The smallest absolute Gasteiger partial charge is 0.340 e. The summed E-state index contributed by atoms with van der Waals surface area (Å²) in [6, 6.07) is 13.6. The Labute approximate surface area is 110 Å². The SMILES string of the molecule is COC(=O)c1ccc(C)c2cc3ccccc3nc12. The molecule has 0 N–H and O–H groups in total. The van der Waals surface area contributed by atoms with Gasteiger partial charge in [-0.05, 0) is 30.7 Å². The molecule has 0 bridgehead atoms. The Balaban J connectivity index is 2.44. The molecule has 0 saturated heterocycles. The van der Waals surface area contributed by atoms with Gasteiger partial charge in [0.05, 0.1) is 23.7 Å². The molecule has 0 radical (unpaired) electrons. The molecule has 1 aromatic heterocycles. The first-order valence-corrected chi connectivity index (χ1v) is 6.08. The van der Waals surface area contributed by atoms with Crippen LogP contribution in [0.3, 0.4) is 0 Å². The number of pyridine rings is 1. The fourth-order valence-electron chi connectivity index (χ4n) is 2.27. The number of hydrogen-bond donors (Lipinski definition) is 0. The van der Waals surface area contributed by atoms with Crippen molar-refractivity contribution in [2.45, 2.75) is 6.92 Å². The Kier molecular flexibility index (Phi) is 2.67. The summed E-state index contributed by atoms with van der Waals surface area (Å²) >= 11 is 0. The summed E-state index contributed by atoms with van der Waals surface area (Å²) in [6.45, 7) is 2.01. The van der Waals surface area contributed by atoms with Crippen LogP contribution in [-0.2, 0) is 4.74 Å². The van der Waals surface area contributed by atoms with Gasteiger partial charge in [-0.1, -0.05) is 24.3 Å².